The summed E-state index contributed by atoms with van der Waals surface area (Å²) >= 11 is 0. The number of aryl methyl sites for hydroxylation is 1. The van der Waals surface area contributed by atoms with Gasteiger partial charge in [-0.05, 0) is 54.8 Å². The Morgan fingerprint density at radius 2 is 1.57 bits per heavy atom. The Morgan fingerprint density at radius 1 is 0.913 bits per heavy atom. The molecule has 0 fully saturated rings. The van der Waals surface area contributed by atoms with Crippen LogP contribution in [0.15, 0.2) is 48.5 Å². The average molecular weight is 313 g/mol. The molecule has 0 saturated heterocycles. The highest BCUT2D eigenvalue weighted by Gasteiger charge is 2.06. The van der Waals surface area contributed by atoms with E-state index < -0.39 is 0 Å². The number of amides is 1. The van der Waals surface area contributed by atoms with Crippen LogP contribution >= 0.6 is 0 Å². The summed E-state index contributed by atoms with van der Waals surface area (Å²) in [5.41, 5.74) is 2.50. The second-order valence-electron chi connectivity index (χ2n) is 5.82. The number of carbonyl (C=O) groups is 1. The highest BCUT2D eigenvalue weighted by atomic mass is 19.1. The molecule has 1 amide bonds. The predicted octanol–water partition coefficient (Wildman–Crippen LogP) is 5.59. The fourth-order valence-electron chi connectivity index (χ4n) is 2.49. The molecule has 0 atom stereocenters. The molecule has 2 nitrogen and oxygen atoms in total. The lowest BCUT2D eigenvalue weighted by Crippen LogP contribution is -2.11. The van der Waals surface area contributed by atoms with Crippen LogP contribution in [0, 0.1) is 5.82 Å². The molecule has 0 aliphatic rings. The Morgan fingerprint density at radius 3 is 2.22 bits per heavy atom. The van der Waals surface area contributed by atoms with Crippen LogP contribution in [0.2, 0.25) is 0 Å². The van der Waals surface area contributed by atoms with Crippen molar-refractivity contribution in [2.24, 2.45) is 0 Å². The molecule has 0 unspecified atom stereocenters. The molecular formula is C20H24FNO. The summed E-state index contributed by atoms with van der Waals surface area (Å²) < 4.78 is 12.9. The highest BCUT2D eigenvalue weighted by Crippen LogP contribution is 2.14. The number of hydrogen-bond donors (Lipinski definition) is 1. The molecule has 0 radical (unpaired) electrons. The summed E-state index contributed by atoms with van der Waals surface area (Å²) in [6.45, 7) is 2.22. The first-order valence-electron chi connectivity index (χ1n) is 8.35. The van der Waals surface area contributed by atoms with E-state index in [1.807, 2.05) is 12.1 Å². The maximum atomic E-state index is 12.9. The van der Waals surface area contributed by atoms with Crippen LogP contribution in [0.5, 0.6) is 0 Å². The zero-order valence-corrected chi connectivity index (χ0v) is 13.6. The van der Waals surface area contributed by atoms with Gasteiger partial charge in [0.05, 0.1) is 0 Å². The summed E-state index contributed by atoms with van der Waals surface area (Å²) in [6.07, 6.45) is 7.45. The molecule has 2 aromatic rings. The lowest BCUT2D eigenvalue weighted by molar-refractivity contribution is 0.102. The molecule has 122 valence electrons. The molecular weight excluding hydrogens is 289 g/mol. The number of rotatable bonds is 8. The molecule has 0 bridgehead atoms. The molecule has 2 aromatic carbocycles. The van der Waals surface area contributed by atoms with E-state index in [0.717, 1.165) is 12.1 Å². The van der Waals surface area contributed by atoms with E-state index in [4.69, 9.17) is 0 Å². The lowest BCUT2D eigenvalue weighted by atomic mass is 10.1. The van der Waals surface area contributed by atoms with Gasteiger partial charge in [-0.25, -0.2) is 4.39 Å². The fourth-order valence-corrected chi connectivity index (χ4v) is 2.49. The van der Waals surface area contributed by atoms with Crippen LogP contribution in [0.1, 0.15) is 54.9 Å². The molecule has 0 aromatic heterocycles. The third-order valence-electron chi connectivity index (χ3n) is 3.89. The second-order valence-corrected chi connectivity index (χ2v) is 5.82. The number of carbonyl (C=O) groups excluding carboxylic acids is 1. The van der Waals surface area contributed by atoms with E-state index in [-0.39, 0.29) is 11.7 Å². The van der Waals surface area contributed by atoms with E-state index in [0.29, 0.717) is 5.56 Å². The molecule has 0 spiro atoms. The normalized spacial score (nSPS) is 10.5. The SMILES string of the molecule is CCCCCCCc1ccc(NC(=O)c2ccc(F)cc2)cc1. The van der Waals surface area contributed by atoms with Crippen molar-refractivity contribution in [3.8, 4) is 0 Å². The van der Waals surface area contributed by atoms with Gasteiger partial charge in [0.2, 0.25) is 0 Å². The largest absolute Gasteiger partial charge is 0.322 e. The Bertz CT molecular complexity index is 605. The van der Waals surface area contributed by atoms with Gasteiger partial charge >= 0.3 is 0 Å². The number of halogens is 1. The minimum atomic E-state index is -0.343. The van der Waals surface area contributed by atoms with Crippen LogP contribution in [-0.2, 0) is 6.42 Å². The first-order valence-corrected chi connectivity index (χ1v) is 8.35. The number of anilines is 1. The Kier molecular flexibility index (Phi) is 6.79. The van der Waals surface area contributed by atoms with Crippen LogP contribution in [0.3, 0.4) is 0 Å². The third kappa shape index (κ3) is 5.85. The summed E-state index contributed by atoms with van der Waals surface area (Å²) in [5, 5.41) is 2.83. The van der Waals surface area contributed by atoms with Crippen molar-refractivity contribution < 1.29 is 9.18 Å². The minimum absolute atomic E-state index is 0.225. The quantitative estimate of drug-likeness (QED) is 0.632. The minimum Gasteiger partial charge on any atom is -0.322 e. The van der Waals surface area contributed by atoms with E-state index in [1.54, 1.807) is 0 Å². The number of benzene rings is 2. The molecule has 0 aliphatic carbocycles. The summed E-state index contributed by atoms with van der Waals surface area (Å²) in [6, 6.07) is 13.5. The van der Waals surface area contributed by atoms with Gasteiger partial charge in [0.25, 0.3) is 5.91 Å². The zero-order valence-electron chi connectivity index (χ0n) is 13.6. The smallest absolute Gasteiger partial charge is 0.255 e. The highest BCUT2D eigenvalue weighted by molar-refractivity contribution is 6.04. The average Bonchev–Trinajstić information content (AvgIpc) is 2.57. The molecule has 1 N–H and O–H groups in total. The van der Waals surface area contributed by atoms with Crippen molar-refractivity contribution in [3.05, 3.63) is 65.5 Å². The number of nitrogens with one attached hydrogen (secondary N) is 1. The van der Waals surface area contributed by atoms with Gasteiger partial charge in [0.1, 0.15) is 5.82 Å². The Labute approximate surface area is 137 Å². The summed E-state index contributed by atoms with van der Waals surface area (Å²) in [4.78, 5) is 12.0. The second kappa shape index (κ2) is 9.09. The van der Waals surface area contributed by atoms with Crippen molar-refractivity contribution in [1.29, 1.82) is 0 Å². The van der Waals surface area contributed by atoms with E-state index >= 15 is 0 Å². The number of hydrogen-bond acceptors (Lipinski definition) is 1. The van der Waals surface area contributed by atoms with Crippen molar-refractivity contribution in [1.82, 2.24) is 0 Å². The monoisotopic (exact) mass is 313 g/mol. The van der Waals surface area contributed by atoms with Gasteiger partial charge in [-0.2, -0.15) is 0 Å². The molecule has 2 rings (SSSR count). The first kappa shape index (κ1) is 17.2. The van der Waals surface area contributed by atoms with E-state index in [2.05, 4.69) is 24.4 Å². The van der Waals surface area contributed by atoms with Crippen LogP contribution in [-0.4, -0.2) is 5.91 Å². The standard InChI is InChI=1S/C20H24FNO/c1-2-3-4-5-6-7-16-8-14-19(15-9-16)22-20(23)17-10-12-18(21)13-11-17/h8-15H,2-7H2,1H3,(H,22,23). The van der Waals surface area contributed by atoms with Crippen LogP contribution in [0.25, 0.3) is 0 Å². The van der Waals surface area contributed by atoms with Gasteiger partial charge < -0.3 is 5.32 Å². The van der Waals surface area contributed by atoms with Crippen molar-refractivity contribution in [2.45, 2.75) is 45.4 Å². The third-order valence-corrected chi connectivity index (χ3v) is 3.89. The Hall–Kier alpha value is -2.16. The van der Waals surface area contributed by atoms with Gasteiger partial charge in [0, 0.05) is 11.3 Å². The van der Waals surface area contributed by atoms with E-state index in [1.165, 1.54) is 61.9 Å². The predicted molar refractivity (Wildman–Crippen MR) is 93.3 cm³/mol. The van der Waals surface area contributed by atoms with Crippen LogP contribution in [0.4, 0.5) is 10.1 Å². The van der Waals surface area contributed by atoms with Crippen LogP contribution < -0.4 is 5.32 Å². The van der Waals surface area contributed by atoms with E-state index in [9.17, 15) is 9.18 Å². The molecule has 3 heteroatoms. The topological polar surface area (TPSA) is 29.1 Å². The van der Waals surface area contributed by atoms with Crippen molar-refractivity contribution in [3.63, 3.8) is 0 Å². The lowest BCUT2D eigenvalue weighted by Gasteiger charge is -2.07. The van der Waals surface area contributed by atoms with Crippen molar-refractivity contribution in [2.75, 3.05) is 5.32 Å². The molecule has 0 saturated carbocycles. The number of unbranched alkanes of at least 4 members (excludes halogenated alkanes) is 4. The van der Waals surface area contributed by atoms with Gasteiger partial charge in [-0.3, -0.25) is 4.79 Å². The fraction of sp³-hybridized carbons (Fsp3) is 0.350. The summed E-state index contributed by atoms with van der Waals surface area (Å²) in [5.74, 6) is -0.567. The van der Waals surface area contributed by atoms with Gasteiger partial charge in [0.15, 0.2) is 0 Å². The maximum Gasteiger partial charge on any atom is 0.255 e. The molecule has 23 heavy (non-hydrogen) atoms. The first-order chi connectivity index (χ1) is 11.2. The maximum absolute atomic E-state index is 12.9. The van der Waals surface area contributed by atoms with Crippen molar-refractivity contribution >= 4 is 11.6 Å². The zero-order chi connectivity index (χ0) is 16.5. The Balaban J connectivity index is 1.82. The van der Waals surface area contributed by atoms with Gasteiger partial charge in [-0.1, -0.05) is 44.7 Å². The van der Waals surface area contributed by atoms with Gasteiger partial charge in [-0.15, -0.1) is 0 Å². The molecule has 0 aliphatic heterocycles. The molecule has 0 heterocycles. The summed E-state index contributed by atoms with van der Waals surface area (Å²) in [7, 11) is 0.